The molecular weight excluding hydrogens is 320 g/mol. The second kappa shape index (κ2) is 5.40. The van der Waals surface area contributed by atoms with E-state index in [1.54, 1.807) is 10.7 Å². The molecule has 2 rings (SSSR count). The van der Waals surface area contributed by atoms with E-state index in [2.05, 4.69) is 41.8 Å². The first-order chi connectivity index (χ1) is 9.32. The lowest BCUT2D eigenvalue weighted by Crippen LogP contribution is -2.17. The quantitative estimate of drug-likeness (QED) is 0.785. The van der Waals surface area contributed by atoms with Crippen LogP contribution in [-0.2, 0) is 10.2 Å². The van der Waals surface area contributed by atoms with E-state index in [4.69, 9.17) is 4.74 Å². The topological polar surface area (TPSA) is 44.1 Å². The predicted octanol–water partition coefficient (Wildman–Crippen LogP) is 3.72. The number of aromatic nitrogens is 2. The van der Waals surface area contributed by atoms with E-state index in [-0.39, 0.29) is 5.41 Å². The van der Waals surface area contributed by atoms with E-state index in [0.29, 0.717) is 5.69 Å². The molecule has 106 valence electrons. The van der Waals surface area contributed by atoms with E-state index < -0.39 is 5.97 Å². The molecule has 1 heterocycles. The summed E-state index contributed by atoms with van der Waals surface area (Å²) in [5.41, 5.74) is 2.04. The molecule has 0 aliphatic rings. The minimum absolute atomic E-state index is 0.137. The van der Waals surface area contributed by atoms with Crippen LogP contribution in [0, 0.1) is 0 Å². The Morgan fingerprint density at radius 3 is 2.55 bits per heavy atom. The van der Waals surface area contributed by atoms with Gasteiger partial charge in [0.25, 0.3) is 0 Å². The number of rotatable bonds is 2. The van der Waals surface area contributed by atoms with Crippen molar-refractivity contribution in [3.63, 3.8) is 0 Å². The van der Waals surface area contributed by atoms with Gasteiger partial charge < -0.3 is 4.74 Å². The maximum atomic E-state index is 11.7. The Morgan fingerprint density at radius 2 is 2.00 bits per heavy atom. The van der Waals surface area contributed by atoms with E-state index in [9.17, 15) is 4.79 Å². The van der Waals surface area contributed by atoms with Crippen molar-refractivity contribution < 1.29 is 9.53 Å². The number of carbonyl (C=O) groups is 1. The molecule has 20 heavy (non-hydrogen) atoms. The summed E-state index contributed by atoms with van der Waals surface area (Å²) in [7, 11) is 1.36. The number of methoxy groups -OCH3 is 1. The second-order valence-corrected chi connectivity index (χ2v) is 6.46. The van der Waals surface area contributed by atoms with Gasteiger partial charge in [0.1, 0.15) is 0 Å². The van der Waals surface area contributed by atoms with Gasteiger partial charge in [-0.2, -0.15) is 5.10 Å². The monoisotopic (exact) mass is 336 g/mol. The van der Waals surface area contributed by atoms with Crippen LogP contribution in [0.15, 0.2) is 34.8 Å². The van der Waals surface area contributed by atoms with Crippen molar-refractivity contribution >= 4 is 21.9 Å². The Labute approximate surface area is 126 Å². The largest absolute Gasteiger partial charge is 0.464 e. The third kappa shape index (κ3) is 2.93. The van der Waals surface area contributed by atoms with Gasteiger partial charge >= 0.3 is 5.97 Å². The van der Waals surface area contributed by atoms with Crippen molar-refractivity contribution in [1.29, 1.82) is 0 Å². The average molecular weight is 337 g/mol. The lowest BCUT2D eigenvalue weighted by molar-refractivity contribution is 0.0593. The van der Waals surface area contributed by atoms with Gasteiger partial charge in [0.2, 0.25) is 0 Å². The number of hydrogen-bond donors (Lipinski definition) is 0. The van der Waals surface area contributed by atoms with Crippen molar-refractivity contribution in [2.24, 2.45) is 0 Å². The van der Waals surface area contributed by atoms with Gasteiger partial charge in [-0.25, -0.2) is 9.48 Å². The molecule has 2 aromatic rings. The molecule has 0 amide bonds. The molecule has 1 aromatic carbocycles. The fourth-order valence-electron chi connectivity index (χ4n) is 1.92. The Hall–Kier alpha value is -1.62. The van der Waals surface area contributed by atoms with Crippen molar-refractivity contribution in [1.82, 2.24) is 9.78 Å². The summed E-state index contributed by atoms with van der Waals surface area (Å²) in [6.45, 7) is 6.25. The van der Waals surface area contributed by atoms with Gasteiger partial charge in [-0.15, -0.1) is 0 Å². The first-order valence-electron chi connectivity index (χ1n) is 6.28. The average Bonchev–Trinajstić information content (AvgIpc) is 2.82. The van der Waals surface area contributed by atoms with Gasteiger partial charge in [-0.05, 0) is 24.3 Å². The molecule has 0 spiro atoms. The number of esters is 1. The molecule has 0 saturated carbocycles. The number of ether oxygens (including phenoxy) is 1. The SMILES string of the molecule is COC(=O)c1cc(C(C)(C)C)n(-c2cccc(Br)c2)n1. The number of hydrogen-bond acceptors (Lipinski definition) is 3. The number of halogens is 1. The standard InChI is InChI=1S/C15H17BrN2O2/c1-15(2,3)13-9-12(14(19)20-4)17-18(13)11-7-5-6-10(16)8-11/h5-9H,1-4H3. The highest BCUT2D eigenvalue weighted by Gasteiger charge is 2.24. The van der Waals surface area contributed by atoms with Crippen LogP contribution in [0.2, 0.25) is 0 Å². The van der Waals surface area contributed by atoms with Crippen LogP contribution in [0.4, 0.5) is 0 Å². The molecule has 0 saturated heterocycles. The van der Waals surface area contributed by atoms with Crippen molar-refractivity contribution in [2.45, 2.75) is 26.2 Å². The summed E-state index contributed by atoms with van der Waals surface area (Å²) < 4.78 is 7.50. The highest BCUT2D eigenvalue weighted by Crippen LogP contribution is 2.27. The van der Waals surface area contributed by atoms with E-state index in [1.807, 2.05) is 24.3 Å². The highest BCUT2D eigenvalue weighted by atomic mass is 79.9. The van der Waals surface area contributed by atoms with Crippen LogP contribution >= 0.6 is 15.9 Å². The Balaban J connectivity index is 2.62. The first kappa shape index (κ1) is 14.8. The van der Waals surface area contributed by atoms with Crippen LogP contribution < -0.4 is 0 Å². The molecule has 0 unspecified atom stereocenters. The second-order valence-electron chi connectivity index (χ2n) is 5.55. The van der Waals surface area contributed by atoms with Crippen molar-refractivity contribution in [3.05, 3.63) is 46.2 Å². The normalized spacial score (nSPS) is 11.4. The van der Waals surface area contributed by atoms with Gasteiger partial charge in [0.05, 0.1) is 18.5 Å². The Kier molecular flexibility index (Phi) is 3.99. The minimum atomic E-state index is -0.427. The minimum Gasteiger partial charge on any atom is -0.464 e. The van der Waals surface area contributed by atoms with Crippen molar-refractivity contribution in [2.75, 3.05) is 7.11 Å². The zero-order valence-electron chi connectivity index (χ0n) is 12.0. The number of carbonyl (C=O) groups excluding carboxylic acids is 1. The molecular formula is C15H17BrN2O2. The molecule has 1 aromatic heterocycles. The summed E-state index contributed by atoms with van der Waals surface area (Å²) in [5, 5.41) is 4.38. The first-order valence-corrected chi connectivity index (χ1v) is 7.07. The van der Waals surface area contributed by atoms with E-state index in [0.717, 1.165) is 15.9 Å². The summed E-state index contributed by atoms with van der Waals surface area (Å²) >= 11 is 3.45. The molecule has 0 aliphatic carbocycles. The lowest BCUT2D eigenvalue weighted by Gasteiger charge is -2.20. The van der Waals surface area contributed by atoms with Crippen LogP contribution in [-0.4, -0.2) is 22.9 Å². The summed E-state index contributed by atoms with van der Waals surface area (Å²) in [4.78, 5) is 11.7. The van der Waals surface area contributed by atoms with Gasteiger partial charge in [0, 0.05) is 9.89 Å². The molecule has 0 aliphatic heterocycles. The van der Waals surface area contributed by atoms with Gasteiger partial charge in [-0.3, -0.25) is 0 Å². The fraction of sp³-hybridized carbons (Fsp3) is 0.333. The van der Waals surface area contributed by atoms with E-state index in [1.165, 1.54) is 7.11 Å². The predicted molar refractivity (Wildman–Crippen MR) is 81.3 cm³/mol. The maximum Gasteiger partial charge on any atom is 0.358 e. The van der Waals surface area contributed by atoms with Crippen LogP contribution in [0.5, 0.6) is 0 Å². The molecule has 0 bridgehead atoms. The zero-order chi connectivity index (χ0) is 14.9. The lowest BCUT2D eigenvalue weighted by atomic mass is 9.91. The molecule has 4 nitrogen and oxygen atoms in total. The third-order valence-electron chi connectivity index (χ3n) is 2.93. The highest BCUT2D eigenvalue weighted by molar-refractivity contribution is 9.10. The van der Waals surface area contributed by atoms with Crippen LogP contribution in [0.25, 0.3) is 5.69 Å². The molecule has 0 atom stereocenters. The van der Waals surface area contributed by atoms with Crippen LogP contribution in [0.1, 0.15) is 37.0 Å². The number of nitrogens with zero attached hydrogens (tertiary/aromatic N) is 2. The summed E-state index contributed by atoms with van der Waals surface area (Å²) in [5.74, 6) is -0.427. The smallest absolute Gasteiger partial charge is 0.358 e. The van der Waals surface area contributed by atoms with E-state index >= 15 is 0 Å². The fourth-order valence-corrected chi connectivity index (χ4v) is 2.31. The summed E-state index contributed by atoms with van der Waals surface area (Å²) in [6, 6.07) is 9.58. The molecule has 0 fully saturated rings. The van der Waals surface area contributed by atoms with Crippen molar-refractivity contribution in [3.8, 4) is 5.69 Å². The zero-order valence-corrected chi connectivity index (χ0v) is 13.6. The Bertz CT molecular complexity index is 642. The molecule has 5 heteroatoms. The van der Waals surface area contributed by atoms with Gasteiger partial charge in [-0.1, -0.05) is 42.8 Å². The van der Waals surface area contributed by atoms with Gasteiger partial charge in [0.15, 0.2) is 5.69 Å². The summed E-state index contributed by atoms with van der Waals surface area (Å²) in [6.07, 6.45) is 0. The maximum absolute atomic E-state index is 11.7. The third-order valence-corrected chi connectivity index (χ3v) is 3.42. The Morgan fingerprint density at radius 1 is 1.30 bits per heavy atom. The van der Waals surface area contributed by atoms with Crippen LogP contribution in [0.3, 0.4) is 0 Å². The molecule has 0 N–H and O–H groups in total. The number of benzene rings is 1. The molecule has 0 radical (unpaired) electrons.